The van der Waals surface area contributed by atoms with Crippen molar-refractivity contribution in [1.29, 1.82) is 0 Å². The first-order chi connectivity index (χ1) is 10.1. The quantitative estimate of drug-likeness (QED) is 0.718. The van der Waals surface area contributed by atoms with Crippen molar-refractivity contribution in [2.75, 3.05) is 13.1 Å². The Kier molecular flexibility index (Phi) is 6.33. The monoisotopic (exact) mass is 324 g/mol. The highest BCUT2D eigenvalue weighted by Crippen LogP contribution is 2.25. The molecule has 0 amide bonds. The topological polar surface area (TPSA) is 33.2 Å². The summed E-state index contributed by atoms with van der Waals surface area (Å²) in [6.45, 7) is 8.34. The SMILES string of the molecule is CCCCN(CCC(C)C)S(=O)c1nc2ccccc2s1. The third kappa shape index (κ3) is 4.59. The van der Waals surface area contributed by atoms with E-state index in [1.54, 1.807) is 11.3 Å². The maximum atomic E-state index is 12.8. The van der Waals surface area contributed by atoms with Gasteiger partial charge < -0.3 is 0 Å². The molecule has 0 spiro atoms. The summed E-state index contributed by atoms with van der Waals surface area (Å²) >= 11 is 1.55. The second-order valence-corrected chi connectivity index (χ2v) is 8.35. The molecule has 1 aromatic carbocycles. The number of rotatable bonds is 8. The molecule has 0 saturated carbocycles. The van der Waals surface area contributed by atoms with Gasteiger partial charge in [-0.3, -0.25) is 0 Å². The fourth-order valence-electron chi connectivity index (χ4n) is 2.05. The van der Waals surface area contributed by atoms with Gasteiger partial charge in [-0.25, -0.2) is 13.5 Å². The number of benzene rings is 1. The van der Waals surface area contributed by atoms with Gasteiger partial charge in [-0.2, -0.15) is 0 Å². The van der Waals surface area contributed by atoms with E-state index in [2.05, 4.69) is 30.1 Å². The number of nitrogens with zero attached hydrogens (tertiary/aromatic N) is 2. The molecule has 116 valence electrons. The molecule has 5 heteroatoms. The lowest BCUT2D eigenvalue weighted by Gasteiger charge is -2.20. The minimum absolute atomic E-state index is 0.626. The Morgan fingerprint density at radius 1 is 1.29 bits per heavy atom. The van der Waals surface area contributed by atoms with Gasteiger partial charge in [-0.1, -0.05) is 39.3 Å². The molecule has 1 heterocycles. The molecular weight excluding hydrogens is 300 g/mol. The van der Waals surface area contributed by atoms with Crippen molar-refractivity contribution in [3.8, 4) is 0 Å². The Morgan fingerprint density at radius 3 is 2.71 bits per heavy atom. The molecule has 2 aromatic rings. The van der Waals surface area contributed by atoms with Crippen LogP contribution in [-0.4, -0.2) is 26.6 Å². The van der Waals surface area contributed by atoms with E-state index in [4.69, 9.17) is 0 Å². The van der Waals surface area contributed by atoms with Crippen molar-refractivity contribution in [1.82, 2.24) is 9.29 Å². The highest BCUT2D eigenvalue weighted by Gasteiger charge is 2.18. The lowest BCUT2D eigenvalue weighted by molar-refractivity contribution is 0.395. The standard InChI is InChI=1S/C16H24N2OS2/c1-4-5-11-18(12-10-13(2)3)21(19)16-17-14-8-6-7-9-15(14)20-16/h6-9,13H,4-5,10-12H2,1-3H3. The fraction of sp³-hybridized carbons (Fsp3) is 0.562. The molecule has 0 aliphatic rings. The van der Waals surface area contributed by atoms with Crippen LogP contribution in [0.2, 0.25) is 0 Å². The van der Waals surface area contributed by atoms with Crippen LogP contribution in [0.5, 0.6) is 0 Å². The Morgan fingerprint density at radius 2 is 2.05 bits per heavy atom. The summed E-state index contributed by atoms with van der Waals surface area (Å²) in [5, 5.41) is 0. The van der Waals surface area contributed by atoms with Gasteiger partial charge >= 0.3 is 0 Å². The third-order valence-electron chi connectivity index (χ3n) is 3.38. The van der Waals surface area contributed by atoms with E-state index in [9.17, 15) is 4.21 Å². The van der Waals surface area contributed by atoms with Gasteiger partial charge in [-0.05, 0) is 30.9 Å². The van der Waals surface area contributed by atoms with Gasteiger partial charge in [0.05, 0.1) is 10.2 Å². The minimum atomic E-state index is -1.13. The van der Waals surface area contributed by atoms with Crippen LogP contribution in [0.25, 0.3) is 10.2 Å². The van der Waals surface area contributed by atoms with Gasteiger partial charge in [0.1, 0.15) is 0 Å². The number of thiazole rings is 1. The number of aromatic nitrogens is 1. The molecule has 3 nitrogen and oxygen atoms in total. The summed E-state index contributed by atoms with van der Waals surface area (Å²) < 4.78 is 16.7. The first-order valence-electron chi connectivity index (χ1n) is 7.64. The lowest BCUT2D eigenvalue weighted by Crippen LogP contribution is -2.29. The Balaban J connectivity index is 2.15. The van der Waals surface area contributed by atoms with Crippen LogP contribution in [0, 0.1) is 5.92 Å². The predicted octanol–water partition coefficient (Wildman–Crippen LogP) is 4.47. The van der Waals surface area contributed by atoms with Crippen LogP contribution in [0.4, 0.5) is 0 Å². The number of hydrogen-bond donors (Lipinski definition) is 0. The molecule has 1 atom stereocenters. The summed E-state index contributed by atoms with van der Waals surface area (Å²) in [4.78, 5) is 4.55. The highest BCUT2D eigenvalue weighted by molar-refractivity contribution is 7.85. The van der Waals surface area contributed by atoms with Crippen molar-refractivity contribution in [3.05, 3.63) is 24.3 Å². The molecule has 0 fully saturated rings. The van der Waals surface area contributed by atoms with Crippen LogP contribution in [0.15, 0.2) is 28.6 Å². The number of fused-ring (bicyclic) bond motifs is 1. The lowest BCUT2D eigenvalue weighted by atomic mass is 10.1. The van der Waals surface area contributed by atoms with Crippen molar-refractivity contribution < 1.29 is 4.21 Å². The normalized spacial score (nSPS) is 13.4. The van der Waals surface area contributed by atoms with E-state index < -0.39 is 11.0 Å². The van der Waals surface area contributed by atoms with Gasteiger partial charge in [-0.15, -0.1) is 11.3 Å². The van der Waals surface area contributed by atoms with Crippen molar-refractivity contribution in [2.24, 2.45) is 5.92 Å². The molecule has 0 radical (unpaired) electrons. The molecule has 1 aromatic heterocycles. The molecule has 0 bridgehead atoms. The van der Waals surface area contributed by atoms with Crippen LogP contribution in [0.1, 0.15) is 40.0 Å². The first-order valence-corrected chi connectivity index (χ1v) is 9.56. The summed E-state index contributed by atoms with van der Waals surface area (Å²) in [6.07, 6.45) is 3.27. The first kappa shape index (κ1) is 16.6. The number of hydrogen-bond acceptors (Lipinski definition) is 3. The molecule has 0 aliphatic heterocycles. The Hall–Kier alpha value is -0.780. The molecule has 0 saturated heterocycles. The molecule has 0 N–H and O–H groups in total. The van der Waals surface area contributed by atoms with E-state index in [1.807, 2.05) is 24.3 Å². The maximum Gasteiger partial charge on any atom is 0.197 e. The zero-order valence-electron chi connectivity index (χ0n) is 13.0. The van der Waals surface area contributed by atoms with Crippen LogP contribution < -0.4 is 0 Å². The summed E-state index contributed by atoms with van der Waals surface area (Å²) in [5.74, 6) is 0.626. The second-order valence-electron chi connectivity index (χ2n) is 5.66. The summed E-state index contributed by atoms with van der Waals surface area (Å²) in [6, 6.07) is 8.00. The molecule has 0 aliphatic carbocycles. The predicted molar refractivity (Wildman–Crippen MR) is 92.0 cm³/mol. The number of unbranched alkanes of at least 4 members (excludes halogenated alkanes) is 1. The Labute approximate surface area is 134 Å². The van der Waals surface area contributed by atoms with E-state index in [0.29, 0.717) is 5.92 Å². The van der Waals surface area contributed by atoms with E-state index >= 15 is 0 Å². The van der Waals surface area contributed by atoms with Crippen LogP contribution in [-0.2, 0) is 11.0 Å². The minimum Gasteiger partial charge on any atom is -0.235 e. The average Bonchev–Trinajstić information content (AvgIpc) is 2.90. The van der Waals surface area contributed by atoms with E-state index in [0.717, 1.165) is 46.9 Å². The summed E-state index contributed by atoms with van der Waals surface area (Å²) in [7, 11) is -1.13. The molecule has 1 unspecified atom stereocenters. The summed E-state index contributed by atoms with van der Waals surface area (Å²) in [5.41, 5.74) is 0.949. The van der Waals surface area contributed by atoms with Crippen molar-refractivity contribution in [3.63, 3.8) is 0 Å². The molecule has 21 heavy (non-hydrogen) atoms. The number of para-hydroxylation sites is 1. The zero-order chi connectivity index (χ0) is 15.2. The Bertz CT molecular complexity index is 562. The van der Waals surface area contributed by atoms with Gasteiger partial charge in [0.25, 0.3) is 0 Å². The average molecular weight is 325 g/mol. The van der Waals surface area contributed by atoms with Crippen molar-refractivity contribution >= 4 is 32.5 Å². The van der Waals surface area contributed by atoms with Gasteiger partial charge in [0, 0.05) is 13.1 Å². The highest BCUT2D eigenvalue weighted by atomic mass is 32.2. The largest absolute Gasteiger partial charge is 0.235 e. The van der Waals surface area contributed by atoms with E-state index in [-0.39, 0.29) is 0 Å². The second kappa shape index (κ2) is 8.01. The smallest absolute Gasteiger partial charge is 0.197 e. The van der Waals surface area contributed by atoms with Crippen LogP contribution in [0.3, 0.4) is 0 Å². The molecule has 2 rings (SSSR count). The third-order valence-corrected chi connectivity index (χ3v) is 6.11. The maximum absolute atomic E-state index is 12.8. The van der Waals surface area contributed by atoms with Crippen LogP contribution >= 0.6 is 11.3 Å². The molecular formula is C16H24N2OS2. The fourth-order valence-corrected chi connectivity index (χ4v) is 4.58. The van der Waals surface area contributed by atoms with Gasteiger partial charge in [0.2, 0.25) is 0 Å². The van der Waals surface area contributed by atoms with Crippen molar-refractivity contribution in [2.45, 2.75) is 44.4 Å². The zero-order valence-corrected chi connectivity index (χ0v) is 14.7. The van der Waals surface area contributed by atoms with Gasteiger partial charge in [0.15, 0.2) is 15.3 Å². The van der Waals surface area contributed by atoms with E-state index in [1.165, 1.54) is 0 Å².